The van der Waals surface area contributed by atoms with Gasteiger partial charge in [-0.3, -0.25) is 4.79 Å². The summed E-state index contributed by atoms with van der Waals surface area (Å²) in [6.45, 7) is 4.36. The first kappa shape index (κ1) is 15.9. The van der Waals surface area contributed by atoms with Crippen molar-refractivity contribution >= 4 is 5.78 Å². The maximum atomic E-state index is 12.4. The van der Waals surface area contributed by atoms with Gasteiger partial charge in [0.15, 0.2) is 5.78 Å². The van der Waals surface area contributed by atoms with Gasteiger partial charge in [0.05, 0.1) is 0 Å². The van der Waals surface area contributed by atoms with Crippen molar-refractivity contribution < 1.29 is 9.53 Å². The fourth-order valence-electron chi connectivity index (χ4n) is 2.42. The minimum absolute atomic E-state index is 0.205. The first-order valence-electron chi connectivity index (χ1n) is 7.33. The lowest BCUT2D eigenvalue weighted by Gasteiger charge is -2.19. The summed E-state index contributed by atoms with van der Waals surface area (Å²) >= 11 is 0. The zero-order valence-corrected chi connectivity index (χ0v) is 12.4. The van der Waals surface area contributed by atoms with E-state index in [4.69, 9.17) is 4.74 Å². The van der Waals surface area contributed by atoms with Gasteiger partial charge in [0.25, 0.3) is 0 Å². The van der Waals surface area contributed by atoms with Crippen molar-refractivity contribution in [1.82, 2.24) is 0 Å². The molecule has 2 heteroatoms. The van der Waals surface area contributed by atoms with Gasteiger partial charge in [0, 0.05) is 13.5 Å². The van der Waals surface area contributed by atoms with Gasteiger partial charge >= 0.3 is 0 Å². The van der Waals surface area contributed by atoms with E-state index >= 15 is 0 Å². The van der Waals surface area contributed by atoms with Crippen LogP contribution in [0.3, 0.4) is 0 Å². The smallest absolute Gasteiger partial charge is 0.166 e. The molecule has 2 unspecified atom stereocenters. The van der Waals surface area contributed by atoms with Gasteiger partial charge < -0.3 is 4.74 Å². The third kappa shape index (κ3) is 5.15. The van der Waals surface area contributed by atoms with E-state index < -0.39 is 6.10 Å². The van der Waals surface area contributed by atoms with Crippen LogP contribution in [0.4, 0.5) is 0 Å². The molecule has 106 valence electrons. The van der Waals surface area contributed by atoms with E-state index in [9.17, 15) is 4.79 Å². The molecule has 0 saturated heterocycles. The lowest BCUT2D eigenvalue weighted by molar-refractivity contribution is -0.130. The van der Waals surface area contributed by atoms with E-state index in [1.54, 1.807) is 7.11 Å². The Hall–Kier alpha value is -1.15. The van der Waals surface area contributed by atoms with E-state index in [1.807, 2.05) is 30.3 Å². The molecule has 0 aliphatic carbocycles. The van der Waals surface area contributed by atoms with E-state index in [0.717, 1.165) is 18.4 Å². The largest absolute Gasteiger partial charge is 0.369 e. The first-order valence-corrected chi connectivity index (χ1v) is 7.33. The number of ether oxygens (including phenoxy) is 1. The molecule has 0 spiro atoms. The monoisotopic (exact) mass is 262 g/mol. The van der Waals surface area contributed by atoms with Crippen molar-refractivity contribution in [3.8, 4) is 0 Å². The van der Waals surface area contributed by atoms with Crippen LogP contribution >= 0.6 is 0 Å². The quantitative estimate of drug-likeness (QED) is 0.652. The van der Waals surface area contributed by atoms with Crippen molar-refractivity contribution in [3.63, 3.8) is 0 Å². The summed E-state index contributed by atoms with van der Waals surface area (Å²) < 4.78 is 5.40. The lowest BCUT2D eigenvalue weighted by atomic mass is 9.90. The number of carbonyl (C=O) groups excluding carboxylic acids is 1. The molecule has 0 N–H and O–H groups in total. The molecule has 1 aromatic rings. The second-order valence-corrected chi connectivity index (χ2v) is 5.11. The molecule has 19 heavy (non-hydrogen) atoms. The van der Waals surface area contributed by atoms with Gasteiger partial charge in [-0.25, -0.2) is 0 Å². The van der Waals surface area contributed by atoms with Crippen molar-refractivity contribution in [1.29, 1.82) is 0 Å². The van der Waals surface area contributed by atoms with Crippen molar-refractivity contribution in [3.05, 3.63) is 35.9 Å². The molecule has 2 atom stereocenters. The number of rotatable bonds is 9. The molecular formula is C17H26O2. The van der Waals surface area contributed by atoms with E-state index in [1.165, 1.54) is 12.8 Å². The summed E-state index contributed by atoms with van der Waals surface area (Å²) in [4.78, 5) is 12.4. The lowest BCUT2D eigenvalue weighted by Crippen LogP contribution is -2.18. The summed E-state index contributed by atoms with van der Waals surface area (Å²) in [5.74, 6) is 0.700. The summed E-state index contributed by atoms with van der Waals surface area (Å²) in [6, 6.07) is 9.76. The van der Waals surface area contributed by atoms with Crippen LogP contribution in [-0.4, -0.2) is 12.9 Å². The van der Waals surface area contributed by atoms with Gasteiger partial charge in [-0.2, -0.15) is 0 Å². The van der Waals surface area contributed by atoms with Crippen LogP contribution in [0.5, 0.6) is 0 Å². The Kier molecular flexibility index (Phi) is 7.42. The summed E-state index contributed by atoms with van der Waals surface area (Å²) in [5.41, 5.74) is 0.959. The zero-order chi connectivity index (χ0) is 14.1. The second-order valence-electron chi connectivity index (χ2n) is 5.11. The Morgan fingerprint density at radius 2 is 1.89 bits per heavy atom. The SMILES string of the molecule is CCCCC(CC)CC(=O)C(OC)c1ccccc1. The molecule has 0 aliphatic heterocycles. The van der Waals surface area contributed by atoms with Crippen LogP contribution in [0.25, 0.3) is 0 Å². The van der Waals surface area contributed by atoms with Gasteiger partial charge in [-0.05, 0) is 11.5 Å². The number of Topliss-reactive ketones (excluding diaryl/α,β-unsaturated/α-hetero) is 1. The molecule has 1 aromatic carbocycles. The maximum absolute atomic E-state index is 12.4. The van der Waals surface area contributed by atoms with Crippen LogP contribution in [0.2, 0.25) is 0 Å². The second kappa shape index (κ2) is 8.87. The number of hydrogen-bond donors (Lipinski definition) is 0. The first-order chi connectivity index (χ1) is 9.22. The maximum Gasteiger partial charge on any atom is 0.166 e. The normalized spacial score (nSPS) is 14.1. The van der Waals surface area contributed by atoms with E-state index in [-0.39, 0.29) is 5.78 Å². The standard InChI is InChI=1S/C17H26O2/c1-4-6-10-14(5-2)13-16(18)17(19-3)15-11-8-7-9-12-15/h7-9,11-12,14,17H,4-6,10,13H2,1-3H3. The average molecular weight is 262 g/mol. The molecular weight excluding hydrogens is 236 g/mol. The fraction of sp³-hybridized carbons (Fsp3) is 0.588. The Labute approximate surface area is 117 Å². The number of ketones is 1. The Bertz CT molecular complexity index is 359. The predicted molar refractivity (Wildman–Crippen MR) is 79.1 cm³/mol. The molecule has 0 aromatic heterocycles. The summed E-state index contributed by atoms with van der Waals surface area (Å²) in [6.07, 6.45) is 4.83. The van der Waals surface area contributed by atoms with Crippen molar-refractivity contribution in [2.45, 2.75) is 52.1 Å². The number of carbonyl (C=O) groups is 1. The Balaban J connectivity index is 2.63. The fourth-order valence-corrected chi connectivity index (χ4v) is 2.42. The number of hydrogen-bond acceptors (Lipinski definition) is 2. The Morgan fingerprint density at radius 1 is 1.21 bits per heavy atom. The van der Waals surface area contributed by atoms with Gasteiger partial charge in [0.1, 0.15) is 6.10 Å². The third-order valence-corrected chi connectivity index (χ3v) is 3.66. The molecule has 0 saturated carbocycles. The minimum atomic E-state index is -0.406. The molecule has 0 heterocycles. The predicted octanol–water partition coefficient (Wildman–Crippen LogP) is 4.55. The highest BCUT2D eigenvalue weighted by Gasteiger charge is 2.22. The summed E-state index contributed by atoms with van der Waals surface area (Å²) in [7, 11) is 1.61. The highest BCUT2D eigenvalue weighted by molar-refractivity contribution is 5.84. The highest BCUT2D eigenvalue weighted by atomic mass is 16.5. The zero-order valence-electron chi connectivity index (χ0n) is 12.4. The number of methoxy groups -OCH3 is 1. The van der Waals surface area contributed by atoms with Crippen molar-refractivity contribution in [2.75, 3.05) is 7.11 Å². The topological polar surface area (TPSA) is 26.3 Å². The molecule has 0 radical (unpaired) electrons. The number of unbranched alkanes of at least 4 members (excludes halogenated alkanes) is 1. The van der Waals surface area contributed by atoms with E-state index in [0.29, 0.717) is 12.3 Å². The van der Waals surface area contributed by atoms with Gasteiger partial charge in [-0.1, -0.05) is 69.9 Å². The molecule has 1 rings (SSSR count). The van der Waals surface area contributed by atoms with Gasteiger partial charge in [0.2, 0.25) is 0 Å². The molecule has 0 fully saturated rings. The third-order valence-electron chi connectivity index (χ3n) is 3.66. The summed E-state index contributed by atoms with van der Waals surface area (Å²) in [5, 5.41) is 0. The van der Waals surface area contributed by atoms with Crippen LogP contribution < -0.4 is 0 Å². The van der Waals surface area contributed by atoms with E-state index in [2.05, 4.69) is 13.8 Å². The molecule has 0 amide bonds. The average Bonchev–Trinajstić information content (AvgIpc) is 2.45. The van der Waals surface area contributed by atoms with Crippen molar-refractivity contribution in [2.24, 2.45) is 5.92 Å². The van der Waals surface area contributed by atoms with Crippen LogP contribution in [0, 0.1) is 5.92 Å². The minimum Gasteiger partial charge on any atom is -0.369 e. The Morgan fingerprint density at radius 3 is 2.42 bits per heavy atom. The van der Waals surface area contributed by atoms with Gasteiger partial charge in [-0.15, -0.1) is 0 Å². The molecule has 0 bridgehead atoms. The van der Waals surface area contributed by atoms with Crippen LogP contribution in [0.1, 0.15) is 57.6 Å². The van der Waals surface area contributed by atoms with Crippen LogP contribution in [-0.2, 0) is 9.53 Å². The highest BCUT2D eigenvalue weighted by Crippen LogP contribution is 2.24. The molecule has 0 aliphatic rings. The number of benzene rings is 1. The van der Waals surface area contributed by atoms with Crippen LogP contribution in [0.15, 0.2) is 30.3 Å². The molecule has 2 nitrogen and oxygen atoms in total.